The molecule has 1 N–H and O–H groups in total. The van der Waals surface area contributed by atoms with Crippen LogP contribution in [0.15, 0.2) is 0 Å². The van der Waals surface area contributed by atoms with Crippen molar-refractivity contribution < 1.29 is 24.2 Å². The molecule has 3 fully saturated rings. The normalized spacial score (nSPS) is 32.8. The van der Waals surface area contributed by atoms with Gasteiger partial charge in [0.1, 0.15) is 5.60 Å². The van der Waals surface area contributed by atoms with Crippen molar-refractivity contribution in [1.29, 1.82) is 0 Å². The first-order valence-electron chi connectivity index (χ1n) is 6.38. The van der Waals surface area contributed by atoms with Gasteiger partial charge in [-0.05, 0) is 33.6 Å². The van der Waals surface area contributed by atoms with Gasteiger partial charge in [-0.15, -0.1) is 0 Å². The minimum Gasteiger partial charge on any atom is -0.469 e. The molecule has 2 saturated heterocycles. The van der Waals surface area contributed by atoms with Gasteiger partial charge in [-0.3, -0.25) is 9.69 Å². The van der Waals surface area contributed by atoms with E-state index in [4.69, 9.17) is 9.47 Å². The maximum absolute atomic E-state index is 12.2. The molecule has 108 valence electrons. The predicted molar refractivity (Wildman–Crippen MR) is 66.4 cm³/mol. The lowest BCUT2D eigenvalue weighted by molar-refractivity contribution is -0.158. The Balaban J connectivity index is 2.15. The molecule has 0 unspecified atom stereocenters. The van der Waals surface area contributed by atoms with E-state index in [-0.39, 0.29) is 19.1 Å². The van der Waals surface area contributed by atoms with E-state index in [2.05, 4.69) is 0 Å². The van der Waals surface area contributed by atoms with E-state index in [0.717, 1.165) is 0 Å². The zero-order valence-electron chi connectivity index (χ0n) is 11.9. The Bertz CT molecular complexity index is 406. The third kappa shape index (κ3) is 2.08. The topological polar surface area (TPSA) is 76.1 Å². The second-order valence-electron chi connectivity index (χ2n) is 6.57. The summed E-state index contributed by atoms with van der Waals surface area (Å²) in [7, 11) is 1.34. The molecule has 2 heterocycles. The Morgan fingerprint density at radius 2 is 1.89 bits per heavy atom. The molecule has 1 aliphatic carbocycles. The summed E-state index contributed by atoms with van der Waals surface area (Å²) >= 11 is 0. The molecule has 19 heavy (non-hydrogen) atoms. The van der Waals surface area contributed by atoms with Crippen LogP contribution in [0, 0.1) is 5.41 Å². The highest BCUT2D eigenvalue weighted by atomic mass is 16.6. The number of ether oxygens (including phenoxy) is 2. The monoisotopic (exact) mass is 271 g/mol. The first-order chi connectivity index (χ1) is 8.68. The number of fused-ring (bicyclic) bond motifs is 1. The van der Waals surface area contributed by atoms with Crippen molar-refractivity contribution in [3.63, 3.8) is 0 Å². The first kappa shape index (κ1) is 14.1. The molecular weight excluding hydrogens is 250 g/mol. The smallest absolute Gasteiger partial charge is 0.410 e. The summed E-state index contributed by atoms with van der Waals surface area (Å²) in [5.74, 6) is -0.317. The van der Waals surface area contributed by atoms with E-state index in [1.165, 1.54) is 12.0 Å². The average Bonchev–Trinajstić information content (AvgIpc) is 2.76. The summed E-state index contributed by atoms with van der Waals surface area (Å²) in [5.41, 5.74) is -1.91. The number of nitrogens with zero attached hydrogens (tertiary/aromatic N) is 1. The SMILES string of the molecule is COC(=O)C12CN(C(=O)OC(C)(C)C)C(CO)(C1)C2. The highest BCUT2D eigenvalue weighted by Crippen LogP contribution is 2.59. The van der Waals surface area contributed by atoms with Gasteiger partial charge in [-0.2, -0.15) is 0 Å². The molecule has 3 rings (SSSR count). The van der Waals surface area contributed by atoms with Crippen molar-refractivity contribution in [3.8, 4) is 0 Å². The van der Waals surface area contributed by atoms with Crippen LogP contribution in [0.1, 0.15) is 33.6 Å². The van der Waals surface area contributed by atoms with Crippen molar-refractivity contribution in [2.75, 3.05) is 20.3 Å². The van der Waals surface area contributed by atoms with Crippen LogP contribution in [0.25, 0.3) is 0 Å². The molecule has 6 heteroatoms. The molecule has 0 aromatic carbocycles. The van der Waals surface area contributed by atoms with Crippen molar-refractivity contribution >= 4 is 12.1 Å². The second kappa shape index (κ2) is 4.10. The molecule has 2 bridgehead atoms. The molecule has 0 atom stereocenters. The maximum atomic E-state index is 12.2. The van der Waals surface area contributed by atoms with Crippen LogP contribution >= 0.6 is 0 Å². The van der Waals surface area contributed by atoms with Gasteiger partial charge in [0.15, 0.2) is 0 Å². The number of methoxy groups -OCH3 is 1. The molecule has 1 saturated carbocycles. The van der Waals surface area contributed by atoms with E-state index in [9.17, 15) is 14.7 Å². The van der Waals surface area contributed by atoms with Gasteiger partial charge in [0, 0.05) is 6.54 Å². The Morgan fingerprint density at radius 1 is 1.32 bits per heavy atom. The van der Waals surface area contributed by atoms with E-state index < -0.39 is 22.6 Å². The number of aliphatic hydroxyl groups excluding tert-OH is 1. The van der Waals surface area contributed by atoms with Crippen molar-refractivity contribution in [2.24, 2.45) is 5.41 Å². The first-order valence-corrected chi connectivity index (χ1v) is 6.38. The van der Waals surface area contributed by atoms with E-state index in [1.54, 1.807) is 20.8 Å². The Kier molecular flexibility index (Phi) is 3.04. The van der Waals surface area contributed by atoms with Gasteiger partial charge in [0.2, 0.25) is 0 Å². The summed E-state index contributed by atoms with van der Waals surface area (Å²) in [6, 6.07) is 0. The van der Waals surface area contributed by atoms with Gasteiger partial charge in [-0.25, -0.2) is 4.79 Å². The minimum atomic E-state index is -0.658. The zero-order valence-corrected chi connectivity index (χ0v) is 11.9. The lowest BCUT2D eigenvalue weighted by Gasteiger charge is -2.44. The highest BCUT2D eigenvalue weighted by molar-refractivity contribution is 5.83. The van der Waals surface area contributed by atoms with Crippen LogP contribution in [0.3, 0.4) is 0 Å². The molecule has 1 amide bonds. The van der Waals surface area contributed by atoms with Crippen molar-refractivity contribution in [3.05, 3.63) is 0 Å². The highest BCUT2D eigenvalue weighted by Gasteiger charge is 2.71. The summed E-state index contributed by atoms with van der Waals surface area (Å²) < 4.78 is 10.1. The van der Waals surface area contributed by atoms with E-state index >= 15 is 0 Å². The van der Waals surface area contributed by atoms with E-state index in [1.807, 2.05) is 0 Å². The fourth-order valence-electron chi connectivity index (χ4n) is 3.18. The average molecular weight is 271 g/mol. The van der Waals surface area contributed by atoms with Crippen LogP contribution in [0.2, 0.25) is 0 Å². The Morgan fingerprint density at radius 3 is 2.32 bits per heavy atom. The third-order valence-corrected chi connectivity index (χ3v) is 3.89. The van der Waals surface area contributed by atoms with Gasteiger partial charge in [0.05, 0.1) is 24.7 Å². The zero-order chi connectivity index (χ0) is 14.5. The lowest BCUT2D eigenvalue weighted by Crippen LogP contribution is -2.56. The fraction of sp³-hybridized carbons (Fsp3) is 0.846. The molecular formula is C13H21NO5. The Hall–Kier alpha value is -1.30. The number of hydrogen-bond acceptors (Lipinski definition) is 5. The number of hydrogen-bond donors (Lipinski definition) is 1. The quantitative estimate of drug-likeness (QED) is 0.756. The number of rotatable bonds is 2. The number of esters is 1. The Labute approximate surface area is 112 Å². The number of carbonyl (C=O) groups excluding carboxylic acids is 2. The third-order valence-electron chi connectivity index (χ3n) is 3.89. The molecule has 2 aliphatic heterocycles. The van der Waals surface area contributed by atoms with Crippen LogP contribution in [-0.2, 0) is 14.3 Å². The summed E-state index contributed by atoms with van der Waals surface area (Å²) in [5, 5.41) is 9.55. The van der Waals surface area contributed by atoms with Gasteiger partial charge >= 0.3 is 12.1 Å². The number of carbonyl (C=O) groups is 2. The molecule has 0 aromatic heterocycles. The largest absolute Gasteiger partial charge is 0.469 e. The van der Waals surface area contributed by atoms with Gasteiger partial charge in [0.25, 0.3) is 0 Å². The van der Waals surface area contributed by atoms with Gasteiger partial charge in [-0.1, -0.05) is 0 Å². The lowest BCUT2D eigenvalue weighted by atomic mass is 9.62. The molecule has 6 nitrogen and oxygen atoms in total. The van der Waals surface area contributed by atoms with Gasteiger partial charge < -0.3 is 14.6 Å². The van der Waals surface area contributed by atoms with Crippen LogP contribution in [0.5, 0.6) is 0 Å². The van der Waals surface area contributed by atoms with Crippen LogP contribution in [-0.4, -0.2) is 53.5 Å². The fourth-order valence-corrected chi connectivity index (χ4v) is 3.18. The van der Waals surface area contributed by atoms with Crippen LogP contribution < -0.4 is 0 Å². The molecule has 0 radical (unpaired) electrons. The second-order valence-corrected chi connectivity index (χ2v) is 6.57. The minimum absolute atomic E-state index is 0.162. The molecule has 0 aromatic rings. The van der Waals surface area contributed by atoms with Crippen LogP contribution in [0.4, 0.5) is 4.79 Å². The summed E-state index contributed by atoms with van der Waals surface area (Å²) in [6.45, 7) is 5.45. The molecule has 3 aliphatic rings. The predicted octanol–water partition coefficient (Wildman–Crippen LogP) is 0.921. The number of amides is 1. The van der Waals surface area contributed by atoms with E-state index in [0.29, 0.717) is 12.8 Å². The summed E-state index contributed by atoms with van der Waals surface area (Å²) in [6.07, 6.45) is 0.412. The standard InChI is InChI=1S/C13H21NO5/c1-11(2,3)19-10(17)14-7-12(9(16)18-4)5-13(14,6-12)8-15/h15H,5-8H2,1-4H3. The maximum Gasteiger partial charge on any atom is 0.410 e. The van der Waals surface area contributed by atoms with Crippen molar-refractivity contribution in [2.45, 2.75) is 44.8 Å². The molecule has 0 spiro atoms. The number of aliphatic hydroxyl groups is 1. The van der Waals surface area contributed by atoms with Crippen molar-refractivity contribution in [1.82, 2.24) is 4.90 Å². The summed E-state index contributed by atoms with van der Waals surface area (Å²) in [4.78, 5) is 25.4.